The van der Waals surface area contributed by atoms with E-state index in [-0.39, 0.29) is 11.8 Å². The minimum absolute atomic E-state index is 0.0628. The number of anilines is 2. The summed E-state index contributed by atoms with van der Waals surface area (Å²) < 4.78 is 5.92. The summed E-state index contributed by atoms with van der Waals surface area (Å²) in [6.07, 6.45) is 6.67. The fourth-order valence-electron chi connectivity index (χ4n) is 3.90. The fourth-order valence-corrected chi connectivity index (χ4v) is 3.90. The standard InChI is InChI=1S/C21H30N2O3/c1-4-23-17-11-10-16(13-18(17)26-14-21(2,3)20(23)25)22-19(24)12-15-8-6-5-7-9-15/h10-11,13,15H,4-9,12,14H2,1-3H3,(H,22,24). The summed E-state index contributed by atoms with van der Waals surface area (Å²) in [4.78, 5) is 26.9. The minimum atomic E-state index is -0.570. The lowest BCUT2D eigenvalue weighted by Gasteiger charge is -2.26. The summed E-state index contributed by atoms with van der Waals surface area (Å²) in [7, 11) is 0. The van der Waals surface area contributed by atoms with Crippen LogP contribution in [0.15, 0.2) is 18.2 Å². The van der Waals surface area contributed by atoms with Crippen LogP contribution in [0.5, 0.6) is 5.75 Å². The van der Waals surface area contributed by atoms with Crippen molar-refractivity contribution in [2.45, 2.75) is 59.3 Å². The van der Waals surface area contributed by atoms with Crippen LogP contribution < -0.4 is 15.0 Å². The number of nitrogens with zero attached hydrogens (tertiary/aromatic N) is 1. The monoisotopic (exact) mass is 358 g/mol. The first kappa shape index (κ1) is 18.7. The van der Waals surface area contributed by atoms with Gasteiger partial charge in [-0.3, -0.25) is 9.59 Å². The maximum Gasteiger partial charge on any atom is 0.236 e. The van der Waals surface area contributed by atoms with Crippen molar-refractivity contribution in [3.63, 3.8) is 0 Å². The number of benzene rings is 1. The molecule has 1 aromatic carbocycles. The van der Waals surface area contributed by atoms with E-state index in [1.165, 1.54) is 19.3 Å². The summed E-state index contributed by atoms with van der Waals surface area (Å²) in [6.45, 7) is 6.68. The Labute approximate surface area is 156 Å². The van der Waals surface area contributed by atoms with Crippen molar-refractivity contribution in [3.05, 3.63) is 18.2 Å². The molecule has 2 amide bonds. The number of hydrogen-bond acceptors (Lipinski definition) is 3. The summed E-state index contributed by atoms with van der Waals surface area (Å²) in [5.41, 5.74) is 0.931. The van der Waals surface area contributed by atoms with Gasteiger partial charge in [0.15, 0.2) is 0 Å². The van der Waals surface area contributed by atoms with Crippen LogP contribution in [-0.2, 0) is 9.59 Å². The molecular formula is C21H30N2O3. The zero-order chi connectivity index (χ0) is 18.7. The van der Waals surface area contributed by atoms with Gasteiger partial charge in [0, 0.05) is 24.7 Å². The van der Waals surface area contributed by atoms with Crippen molar-refractivity contribution in [2.24, 2.45) is 11.3 Å². The molecule has 5 nitrogen and oxygen atoms in total. The predicted molar refractivity (Wildman–Crippen MR) is 104 cm³/mol. The fraction of sp³-hybridized carbons (Fsp3) is 0.619. The first-order valence-electron chi connectivity index (χ1n) is 9.79. The van der Waals surface area contributed by atoms with E-state index in [0.29, 0.717) is 31.2 Å². The molecule has 0 spiro atoms. The maximum absolute atomic E-state index is 12.7. The lowest BCUT2D eigenvalue weighted by Crippen LogP contribution is -2.42. The van der Waals surface area contributed by atoms with Gasteiger partial charge in [-0.05, 0) is 51.7 Å². The number of hydrogen-bond donors (Lipinski definition) is 1. The van der Waals surface area contributed by atoms with Gasteiger partial charge in [-0.1, -0.05) is 19.3 Å². The predicted octanol–water partition coefficient (Wildman–Crippen LogP) is 4.37. The molecule has 1 heterocycles. The van der Waals surface area contributed by atoms with Crippen LogP contribution in [0.4, 0.5) is 11.4 Å². The van der Waals surface area contributed by atoms with E-state index >= 15 is 0 Å². The van der Waals surface area contributed by atoms with Crippen LogP contribution in [0.1, 0.15) is 59.3 Å². The first-order chi connectivity index (χ1) is 12.4. The Morgan fingerprint density at radius 2 is 2.00 bits per heavy atom. The number of fused-ring (bicyclic) bond motifs is 1. The second kappa shape index (κ2) is 7.68. The highest BCUT2D eigenvalue weighted by Gasteiger charge is 2.37. The second-order valence-electron chi connectivity index (χ2n) is 8.16. The van der Waals surface area contributed by atoms with Gasteiger partial charge in [0.25, 0.3) is 0 Å². The molecule has 0 bridgehead atoms. The highest BCUT2D eigenvalue weighted by Crippen LogP contribution is 2.38. The van der Waals surface area contributed by atoms with Crippen molar-refractivity contribution in [1.82, 2.24) is 0 Å². The average molecular weight is 358 g/mol. The summed E-state index contributed by atoms with van der Waals surface area (Å²) in [6, 6.07) is 5.56. The average Bonchev–Trinajstić information content (AvgIpc) is 2.71. The van der Waals surface area contributed by atoms with Gasteiger partial charge >= 0.3 is 0 Å². The molecule has 5 heteroatoms. The molecule has 1 aliphatic carbocycles. The molecule has 0 atom stereocenters. The Balaban J connectivity index is 1.73. The van der Waals surface area contributed by atoms with Crippen molar-refractivity contribution < 1.29 is 14.3 Å². The Bertz CT molecular complexity index is 678. The van der Waals surface area contributed by atoms with Crippen LogP contribution in [0.2, 0.25) is 0 Å². The van der Waals surface area contributed by atoms with Crippen molar-refractivity contribution in [3.8, 4) is 5.75 Å². The second-order valence-corrected chi connectivity index (χ2v) is 8.16. The molecule has 0 radical (unpaired) electrons. The van der Waals surface area contributed by atoms with Crippen LogP contribution in [0.25, 0.3) is 0 Å². The smallest absolute Gasteiger partial charge is 0.236 e. The summed E-state index contributed by atoms with van der Waals surface area (Å²) >= 11 is 0. The Kier molecular flexibility index (Phi) is 5.54. The molecule has 0 saturated heterocycles. The molecule has 1 aromatic rings. The molecule has 142 valence electrons. The molecular weight excluding hydrogens is 328 g/mol. The summed E-state index contributed by atoms with van der Waals surface area (Å²) in [5.74, 6) is 1.29. The molecule has 1 aliphatic heterocycles. The highest BCUT2D eigenvalue weighted by atomic mass is 16.5. The number of rotatable bonds is 4. The van der Waals surface area contributed by atoms with Gasteiger partial charge in [0.1, 0.15) is 12.4 Å². The van der Waals surface area contributed by atoms with Gasteiger partial charge < -0.3 is 15.0 Å². The zero-order valence-electron chi connectivity index (χ0n) is 16.1. The number of carbonyl (C=O) groups is 2. The SMILES string of the molecule is CCN1C(=O)C(C)(C)COc2cc(NC(=O)CC3CCCCC3)ccc21. The van der Waals surface area contributed by atoms with Gasteiger partial charge in [-0.2, -0.15) is 0 Å². The van der Waals surface area contributed by atoms with Crippen LogP contribution in [0, 0.1) is 11.3 Å². The molecule has 1 N–H and O–H groups in total. The number of nitrogens with one attached hydrogen (secondary N) is 1. The van der Waals surface area contributed by atoms with Crippen molar-refractivity contribution in [2.75, 3.05) is 23.4 Å². The number of amides is 2. The number of ether oxygens (including phenoxy) is 1. The van der Waals surface area contributed by atoms with Gasteiger partial charge in [-0.15, -0.1) is 0 Å². The van der Waals surface area contributed by atoms with E-state index in [1.54, 1.807) is 4.90 Å². The minimum Gasteiger partial charge on any atom is -0.490 e. The van der Waals surface area contributed by atoms with E-state index < -0.39 is 5.41 Å². The zero-order valence-corrected chi connectivity index (χ0v) is 16.1. The maximum atomic E-state index is 12.7. The largest absolute Gasteiger partial charge is 0.490 e. The van der Waals surface area contributed by atoms with Gasteiger partial charge in [-0.25, -0.2) is 0 Å². The summed E-state index contributed by atoms with van der Waals surface area (Å²) in [5, 5.41) is 3.00. The lowest BCUT2D eigenvalue weighted by atomic mass is 9.87. The van der Waals surface area contributed by atoms with E-state index in [2.05, 4.69) is 5.32 Å². The van der Waals surface area contributed by atoms with E-state index in [1.807, 2.05) is 39.0 Å². The van der Waals surface area contributed by atoms with Crippen molar-refractivity contribution in [1.29, 1.82) is 0 Å². The third kappa shape index (κ3) is 4.02. The topological polar surface area (TPSA) is 58.6 Å². The molecule has 3 rings (SSSR count). The third-order valence-corrected chi connectivity index (χ3v) is 5.46. The molecule has 2 aliphatic rings. The molecule has 0 unspecified atom stereocenters. The van der Waals surface area contributed by atoms with E-state index in [0.717, 1.165) is 24.2 Å². The van der Waals surface area contributed by atoms with E-state index in [4.69, 9.17) is 4.74 Å². The van der Waals surface area contributed by atoms with Gasteiger partial charge in [0.2, 0.25) is 11.8 Å². The van der Waals surface area contributed by atoms with Crippen LogP contribution >= 0.6 is 0 Å². The van der Waals surface area contributed by atoms with Crippen LogP contribution in [0.3, 0.4) is 0 Å². The Morgan fingerprint density at radius 1 is 1.27 bits per heavy atom. The Morgan fingerprint density at radius 3 is 2.69 bits per heavy atom. The third-order valence-electron chi connectivity index (χ3n) is 5.46. The van der Waals surface area contributed by atoms with Crippen molar-refractivity contribution >= 4 is 23.2 Å². The number of carbonyl (C=O) groups excluding carboxylic acids is 2. The van der Waals surface area contributed by atoms with E-state index in [9.17, 15) is 9.59 Å². The molecule has 26 heavy (non-hydrogen) atoms. The quantitative estimate of drug-likeness (QED) is 0.869. The molecule has 1 fully saturated rings. The highest BCUT2D eigenvalue weighted by molar-refractivity contribution is 6.00. The molecule has 0 aromatic heterocycles. The normalized spacial score (nSPS) is 20.1. The first-order valence-corrected chi connectivity index (χ1v) is 9.79. The van der Waals surface area contributed by atoms with Crippen LogP contribution in [-0.4, -0.2) is 25.0 Å². The molecule has 1 saturated carbocycles. The lowest BCUT2D eigenvalue weighted by molar-refractivity contribution is -0.127. The Hall–Kier alpha value is -2.04. The van der Waals surface area contributed by atoms with Gasteiger partial charge in [0.05, 0.1) is 11.1 Å².